The molecule has 0 radical (unpaired) electrons. The van der Waals surface area contributed by atoms with Crippen LogP contribution in [0.4, 0.5) is 5.82 Å². The molecule has 0 bridgehead atoms. The average molecular weight is 459 g/mol. The number of rotatable bonds is 6. The third-order valence-corrected chi connectivity index (χ3v) is 5.66. The van der Waals surface area contributed by atoms with Gasteiger partial charge in [-0.3, -0.25) is 14.5 Å². The van der Waals surface area contributed by atoms with E-state index in [2.05, 4.69) is 36.4 Å². The minimum atomic E-state index is -0.136. The molecule has 2 N–H and O–H groups in total. The van der Waals surface area contributed by atoms with E-state index in [0.717, 1.165) is 35.1 Å². The predicted molar refractivity (Wildman–Crippen MR) is 117 cm³/mol. The van der Waals surface area contributed by atoms with Crippen LogP contribution in [0.1, 0.15) is 37.1 Å². The molecule has 2 aromatic rings. The highest BCUT2D eigenvalue weighted by molar-refractivity contribution is 9.10. The van der Waals surface area contributed by atoms with Gasteiger partial charge in [0, 0.05) is 16.7 Å². The first-order chi connectivity index (χ1) is 13.9. The summed E-state index contributed by atoms with van der Waals surface area (Å²) in [4.78, 5) is 31.5. The molecule has 6 nitrogen and oxygen atoms in total. The van der Waals surface area contributed by atoms with Gasteiger partial charge in [-0.1, -0.05) is 34.1 Å². The van der Waals surface area contributed by atoms with Crippen LogP contribution in [0.3, 0.4) is 0 Å². The van der Waals surface area contributed by atoms with Crippen LogP contribution >= 0.6 is 15.9 Å². The zero-order valence-corrected chi connectivity index (χ0v) is 18.4. The van der Waals surface area contributed by atoms with Gasteiger partial charge in [-0.2, -0.15) is 0 Å². The summed E-state index contributed by atoms with van der Waals surface area (Å²) in [5.74, 6) is 0.384. The minimum absolute atomic E-state index is 0.0261. The lowest BCUT2D eigenvalue weighted by Gasteiger charge is -2.31. The van der Waals surface area contributed by atoms with Crippen molar-refractivity contribution in [3.8, 4) is 0 Å². The molecule has 2 unspecified atom stereocenters. The van der Waals surface area contributed by atoms with Gasteiger partial charge in [0.15, 0.2) is 0 Å². The van der Waals surface area contributed by atoms with Crippen molar-refractivity contribution in [3.05, 3.63) is 58.2 Å². The monoisotopic (exact) mass is 458 g/mol. The molecule has 1 aliphatic heterocycles. The Bertz CT molecular complexity index is 856. The first kappa shape index (κ1) is 21.5. The standard InChI is InChI=1S/C22H27BrN4O2/c1-15-5-3-7-20(24-15)26-22(29)18-6-4-12-27(13-18)14-21(28)25-16(2)17-8-10-19(23)11-9-17/h3,5,7-11,16,18H,4,6,12-14H2,1-2H3,(H,25,28)(H,24,26,29). The molecule has 0 saturated carbocycles. The lowest BCUT2D eigenvalue weighted by molar-refractivity contribution is -0.126. The molecule has 1 aromatic carbocycles. The molecular weight excluding hydrogens is 432 g/mol. The van der Waals surface area contributed by atoms with Gasteiger partial charge in [0.2, 0.25) is 11.8 Å². The highest BCUT2D eigenvalue weighted by Crippen LogP contribution is 2.19. The Morgan fingerprint density at radius 3 is 2.72 bits per heavy atom. The number of likely N-dealkylation sites (tertiary alicyclic amines) is 1. The number of anilines is 1. The van der Waals surface area contributed by atoms with E-state index >= 15 is 0 Å². The van der Waals surface area contributed by atoms with E-state index in [1.807, 2.05) is 50.2 Å². The van der Waals surface area contributed by atoms with Crippen LogP contribution in [0.15, 0.2) is 46.9 Å². The highest BCUT2D eigenvalue weighted by atomic mass is 79.9. The fourth-order valence-electron chi connectivity index (χ4n) is 3.58. The number of piperidine rings is 1. The molecule has 0 aliphatic carbocycles. The molecule has 2 heterocycles. The van der Waals surface area contributed by atoms with Crippen LogP contribution in [0.25, 0.3) is 0 Å². The van der Waals surface area contributed by atoms with Gasteiger partial charge in [0.1, 0.15) is 5.82 Å². The summed E-state index contributed by atoms with van der Waals surface area (Å²) in [6, 6.07) is 13.4. The SMILES string of the molecule is Cc1cccc(NC(=O)C2CCCN(CC(=O)NC(C)c3ccc(Br)cc3)C2)n1. The van der Waals surface area contributed by atoms with Crippen LogP contribution in [-0.4, -0.2) is 41.3 Å². The van der Waals surface area contributed by atoms with Gasteiger partial charge in [0.25, 0.3) is 0 Å². The van der Waals surface area contributed by atoms with Crippen molar-refractivity contribution in [3.63, 3.8) is 0 Å². The van der Waals surface area contributed by atoms with Crippen molar-refractivity contribution in [2.45, 2.75) is 32.7 Å². The quantitative estimate of drug-likeness (QED) is 0.692. The van der Waals surface area contributed by atoms with Crippen LogP contribution in [0, 0.1) is 12.8 Å². The maximum atomic E-state index is 12.6. The molecule has 1 aromatic heterocycles. The second-order valence-corrected chi connectivity index (χ2v) is 8.48. The average Bonchev–Trinajstić information content (AvgIpc) is 2.68. The van der Waals surface area contributed by atoms with Gasteiger partial charge in [-0.15, -0.1) is 0 Å². The number of aryl methyl sites for hydroxylation is 1. The first-order valence-corrected chi connectivity index (χ1v) is 10.7. The lowest BCUT2D eigenvalue weighted by Crippen LogP contribution is -2.45. The van der Waals surface area contributed by atoms with E-state index in [0.29, 0.717) is 18.9 Å². The Labute approximate surface area is 180 Å². The molecule has 2 amide bonds. The summed E-state index contributed by atoms with van der Waals surface area (Å²) in [5.41, 5.74) is 1.92. The second kappa shape index (κ2) is 9.98. The number of nitrogens with one attached hydrogen (secondary N) is 2. The second-order valence-electron chi connectivity index (χ2n) is 7.57. The topological polar surface area (TPSA) is 74.3 Å². The Balaban J connectivity index is 1.50. The molecule has 1 saturated heterocycles. The van der Waals surface area contributed by atoms with Crippen LogP contribution < -0.4 is 10.6 Å². The van der Waals surface area contributed by atoms with Gasteiger partial charge in [-0.25, -0.2) is 4.98 Å². The zero-order valence-electron chi connectivity index (χ0n) is 16.8. The Morgan fingerprint density at radius 1 is 1.24 bits per heavy atom. The third-order valence-electron chi connectivity index (χ3n) is 5.13. The van der Waals surface area contributed by atoms with Crippen LogP contribution in [0.2, 0.25) is 0 Å². The van der Waals surface area contributed by atoms with Crippen molar-refractivity contribution >= 4 is 33.6 Å². The predicted octanol–water partition coefficient (Wildman–Crippen LogP) is 3.68. The Hall–Kier alpha value is -2.25. The number of hydrogen-bond donors (Lipinski definition) is 2. The number of nitrogens with zero attached hydrogens (tertiary/aromatic N) is 2. The van der Waals surface area contributed by atoms with Crippen LogP contribution in [0.5, 0.6) is 0 Å². The number of pyridine rings is 1. The summed E-state index contributed by atoms with van der Waals surface area (Å²) in [6.07, 6.45) is 1.72. The summed E-state index contributed by atoms with van der Waals surface area (Å²) < 4.78 is 1.01. The third kappa shape index (κ3) is 6.37. The molecular formula is C22H27BrN4O2. The number of carbonyl (C=O) groups excluding carboxylic acids is 2. The minimum Gasteiger partial charge on any atom is -0.348 e. The van der Waals surface area contributed by atoms with E-state index in [1.165, 1.54) is 0 Å². The number of aromatic nitrogens is 1. The summed E-state index contributed by atoms with van der Waals surface area (Å²) in [7, 11) is 0. The van der Waals surface area contributed by atoms with E-state index in [4.69, 9.17) is 0 Å². The molecule has 29 heavy (non-hydrogen) atoms. The summed E-state index contributed by atoms with van der Waals surface area (Å²) >= 11 is 3.42. The van der Waals surface area contributed by atoms with Gasteiger partial charge < -0.3 is 10.6 Å². The fraction of sp³-hybridized carbons (Fsp3) is 0.409. The molecule has 154 valence electrons. The van der Waals surface area contributed by atoms with Crippen molar-refractivity contribution < 1.29 is 9.59 Å². The van der Waals surface area contributed by atoms with E-state index in [1.54, 1.807) is 6.07 Å². The number of hydrogen-bond acceptors (Lipinski definition) is 4. The van der Waals surface area contributed by atoms with Crippen molar-refractivity contribution in [1.82, 2.24) is 15.2 Å². The number of carbonyl (C=O) groups is 2. The molecule has 1 aliphatic rings. The summed E-state index contributed by atoms with van der Waals surface area (Å²) in [6.45, 7) is 5.58. The van der Waals surface area contributed by atoms with Crippen molar-refractivity contribution in [2.75, 3.05) is 25.0 Å². The van der Waals surface area contributed by atoms with Gasteiger partial charge in [0.05, 0.1) is 18.5 Å². The lowest BCUT2D eigenvalue weighted by atomic mass is 9.97. The van der Waals surface area contributed by atoms with E-state index in [-0.39, 0.29) is 23.8 Å². The van der Waals surface area contributed by atoms with Gasteiger partial charge in [-0.05, 0) is 63.1 Å². The normalized spacial score (nSPS) is 18.1. The molecule has 3 rings (SSSR count). The Morgan fingerprint density at radius 2 is 2.00 bits per heavy atom. The maximum absolute atomic E-state index is 12.6. The van der Waals surface area contributed by atoms with Gasteiger partial charge >= 0.3 is 0 Å². The number of halogens is 1. The summed E-state index contributed by atoms with van der Waals surface area (Å²) in [5, 5.41) is 5.95. The largest absolute Gasteiger partial charge is 0.348 e. The van der Waals surface area contributed by atoms with E-state index < -0.39 is 0 Å². The molecule has 7 heteroatoms. The van der Waals surface area contributed by atoms with Crippen molar-refractivity contribution in [2.24, 2.45) is 5.92 Å². The first-order valence-electron chi connectivity index (χ1n) is 9.92. The van der Waals surface area contributed by atoms with Crippen molar-refractivity contribution in [1.29, 1.82) is 0 Å². The fourth-order valence-corrected chi connectivity index (χ4v) is 3.84. The Kier molecular flexibility index (Phi) is 7.39. The van der Waals surface area contributed by atoms with E-state index in [9.17, 15) is 9.59 Å². The molecule has 1 fully saturated rings. The highest BCUT2D eigenvalue weighted by Gasteiger charge is 2.27. The maximum Gasteiger partial charge on any atom is 0.234 e. The number of benzene rings is 1. The number of amides is 2. The molecule has 2 atom stereocenters. The zero-order chi connectivity index (χ0) is 20.8. The smallest absolute Gasteiger partial charge is 0.234 e. The molecule has 0 spiro atoms. The van der Waals surface area contributed by atoms with Crippen LogP contribution in [-0.2, 0) is 9.59 Å².